The number of aromatic amines is 1. The van der Waals surface area contributed by atoms with Crippen LogP contribution in [0.4, 0.5) is 0 Å². The predicted molar refractivity (Wildman–Crippen MR) is 99.8 cm³/mol. The number of benzene rings is 1. The van der Waals surface area contributed by atoms with E-state index in [1.165, 1.54) is 6.07 Å². The fraction of sp³-hybridized carbons (Fsp3) is 0.0625. The van der Waals surface area contributed by atoms with E-state index in [4.69, 9.17) is 27.9 Å². The SMILES string of the molecule is COc1ccc(-c2cc(C(=O)NNC(=O)c3cc(Cl)sc3Cl)[nH]n2)cc1. The molecule has 0 aliphatic rings. The molecule has 0 aliphatic heterocycles. The van der Waals surface area contributed by atoms with Gasteiger partial charge in [0.05, 0.1) is 22.7 Å². The third-order valence-corrected chi connectivity index (χ3v) is 4.89. The normalized spacial score (nSPS) is 10.4. The molecule has 0 radical (unpaired) electrons. The van der Waals surface area contributed by atoms with E-state index < -0.39 is 11.8 Å². The summed E-state index contributed by atoms with van der Waals surface area (Å²) in [6.45, 7) is 0. The number of hydrogen-bond acceptors (Lipinski definition) is 5. The molecular formula is C16H12Cl2N4O3S. The number of nitrogens with zero attached hydrogens (tertiary/aromatic N) is 1. The van der Waals surface area contributed by atoms with E-state index in [0.29, 0.717) is 10.0 Å². The van der Waals surface area contributed by atoms with Crippen LogP contribution in [0.5, 0.6) is 5.75 Å². The summed E-state index contributed by atoms with van der Waals surface area (Å²) in [6.07, 6.45) is 0. The molecule has 0 unspecified atom stereocenters. The molecule has 0 atom stereocenters. The number of ether oxygens (including phenoxy) is 1. The lowest BCUT2D eigenvalue weighted by atomic mass is 10.1. The topological polar surface area (TPSA) is 96.1 Å². The van der Waals surface area contributed by atoms with Crippen LogP contribution in [0, 0.1) is 0 Å². The average molecular weight is 411 g/mol. The van der Waals surface area contributed by atoms with Crippen molar-refractivity contribution in [3.8, 4) is 17.0 Å². The Kier molecular flexibility index (Phi) is 5.46. The molecular weight excluding hydrogens is 399 g/mol. The van der Waals surface area contributed by atoms with Crippen molar-refractivity contribution in [2.45, 2.75) is 0 Å². The van der Waals surface area contributed by atoms with Crippen molar-refractivity contribution >= 4 is 46.4 Å². The number of amides is 2. The van der Waals surface area contributed by atoms with Crippen LogP contribution < -0.4 is 15.6 Å². The van der Waals surface area contributed by atoms with Crippen LogP contribution in [0.1, 0.15) is 20.8 Å². The van der Waals surface area contributed by atoms with Crippen LogP contribution in [-0.4, -0.2) is 29.1 Å². The van der Waals surface area contributed by atoms with E-state index in [1.54, 1.807) is 25.3 Å². The highest BCUT2D eigenvalue weighted by molar-refractivity contribution is 7.20. The summed E-state index contributed by atoms with van der Waals surface area (Å²) in [7, 11) is 1.58. The molecule has 0 saturated heterocycles. The molecule has 3 aromatic rings. The van der Waals surface area contributed by atoms with Crippen molar-refractivity contribution < 1.29 is 14.3 Å². The number of carbonyl (C=O) groups excluding carboxylic acids is 2. The first kappa shape index (κ1) is 18.2. The van der Waals surface area contributed by atoms with Gasteiger partial charge in [-0.15, -0.1) is 11.3 Å². The van der Waals surface area contributed by atoms with Gasteiger partial charge in [0, 0.05) is 5.56 Å². The van der Waals surface area contributed by atoms with Crippen LogP contribution in [0.15, 0.2) is 36.4 Å². The van der Waals surface area contributed by atoms with Crippen molar-refractivity contribution in [1.29, 1.82) is 0 Å². The Bertz CT molecular complexity index is 953. The quantitative estimate of drug-likeness (QED) is 0.573. The summed E-state index contributed by atoms with van der Waals surface area (Å²) in [5.41, 5.74) is 6.33. The van der Waals surface area contributed by atoms with E-state index in [2.05, 4.69) is 21.0 Å². The van der Waals surface area contributed by atoms with E-state index in [0.717, 1.165) is 22.6 Å². The maximum Gasteiger partial charge on any atom is 0.287 e. The van der Waals surface area contributed by atoms with Crippen LogP contribution in [-0.2, 0) is 0 Å². The highest BCUT2D eigenvalue weighted by Gasteiger charge is 2.16. The van der Waals surface area contributed by atoms with Gasteiger partial charge in [-0.05, 0) is 36.4 Å². The van der Waals surface area contributed by atoms with Gasteiger partial charge in [0.1, 0.15) is 15.8 Å². The second kappa shape index (κ2) is 7.77. The lowest BCUT2D eigenvalue weighted by molar-refractivity contribution is 0.0844. The third kappa shape index (κ3) is 3.98. The molecule has 26 heavy (non-hydrogen) atoms. The average Bonchev–Trinajstić information content (AvgIpc) is 3.26. The standard InChI is InChI=1S/C16H12Cl2N4O3S/c1-25-9-4-2-8(3-5-9)11-7-12(20-19-11)16(24)22-21-15(23)10-6-13(17)26-14(10)18/h2-7H,1H3,(H,19,20)(H,21,23)(H,22,24). The molecule has 3 rings (SSSR count). The minimum Gasteiger partial charge on any atom is -0.497 e. The van der Waals surface area contributed by atoms with Gasteiger partial charge in [0.15, 0.2) is 0 Å². The second-order valence-electron chi connectivity index (χ2n) is 5.04. The van der Waals surface area contributed by atoms with Crippen LogP contribution in [0.25, 0.3) is 11.3 Å². The Morgan fingerprint density at radius 1 is 1.12 bits per heavy atom. The Balaban J connectivity index is 1.64. The number of hydrogen-bond donors (Lipinski definition) is 3. The smallest absolute Gasteiger partial charge is 0.287 e. The number of aromatic nitrogens is 2. The van der Waals surface area contributed by atoms with Gasteiger partial charge in [0.25, 0.3) is 11.8 Å². The molecule has 2 amide bonds. The Morgan fingerprint density at radius 3 is 2.42 bits per heavy atom. The summed E-state index contributed by atoms with van der Waals surface area (Å²) >= 11 is 12.8. The Morgan fingerprint density at radius 2 is 1.81 bits per heavy atom. The lowest BCUT2D eigenvalue weighted by Gasteiger charge is -2.05. The van der Waals surface area contributed by atoms with Crippen LogP contribution >= 0.6 is 34.5 Å². The van der Waals surface area contributed by atoms with Crippen molar-refractivity contribution in [2.75, 3.05) is 7.11 Å². The highest BCUT2D eigenvalue weighted by atomic mass is 35.5. The minimum atomic E-state index is -0.568. The van der Waals surface area contributed by atoms with Gasteiger partial charge in [-0.3, -0.25) is 25.5 Å². The number of methoxy groups -OCH3 is 1. The zero-order valence-corrected chi connectivity index (χ0v) is 15.6. The van der Waals surface area contributed by atoms with Crippen LogP contribution in [0.3, 0.4) is 0 Å². The molecule has 0 spiro atoms. The zero-order chi connectivity index (χ0) is 18.7. The van der Waals surface area contributed by atoms with Gasteiger partial charge in [-0.2, -0.15) is 5.10 Å². The number of hydrazine groups is 1. The van der Waals surface area contributed by atoms with Gasteiger partial charge < -0.3 is 4.74 Å². The molecule has 0 aliphatic carbocycles. The van der Waals surface area contributed by atoms with Crippen LogP contribution in [0.2, 0.25) is 8.67 Å². The Labute approximate surface area is 162 Å². The summed E-state index contributed by atoms with van der Waals surface area (Å²) in [6, 6.07) is 10.2. The maximum absolute atomic E-state index is 12.1. The number of H-pyrrole nitrogens is 1. The molecule has 0 bridgehead atoms. The van der Waals surface area contributed by atoms with Crippen molar-refractivity contribution in [3.63, 3.8) is 0 Å². The van der Waals surface area contributed by atoms with E-state index in [1.807, 2.05) is 12.1 Å². The van der Waals surface area contributed by atoms with Gasteiger partial charge >= 0.3 is 0 Å². The second-order valence-corrected chi connectivity index (χ2v) is 7.33. The third-order valence-electron chi connectivity index (χ3n) is 3.40. The summed E-state index contributed by atoms with van der Waals surface area (Å²) < 4.78 is 5.72. The van der Waals surface area contributed by atoms with Crippen molar-refractivity contribution in [2.24, 2.45) is 0 Å². The Hall–Kier alpha value is -2.55. The fourth-order valence-corrected chi connectivity index (χ4v) is 3.55. The molecule has 1 aromatic carbocycles. The molecule has 3 N–H and O–H groups in total. The predicted octanol–water partition coefficient (Wildman–Crippen LogP) is 3.53. The van der Waals surface area contributed by atoms with Gasteiger partial charge in [0.2, 0.25) is 0 Å². The first-order valence-corrected chi connectivity index (χ1v) is 8.80. The van der Waals surface area contributed by atoms with E-state index in [-0.39, 0.29) is 15.6 Å². The maximum atomic E-state index is 12.1. The largest absolute Gasteiger partial charge is 0.497 e. The minimum absolute atomic E-state index is 0.186. The highest BCUT2D eigenvalue weighted by Crippen LogP contribution is 2.30. The molecule has 134 valence electrons. The van der Waals surface area contributed by atoms with Crippen molar-refractivity contribution in [1.82, 2.24) is 21.0 Å². The molecule has 7 nitrogen and oxygen atoms in total. The first-order valence-electron chi connectivity index (χ1n) is 7.23. The first-order chi connectivity index (χ1) is 12.5. The monoisotopic (exact) mass is 410 g/mol. The van der Waals surface area contributed by atoms with Gasteiger partial charge in [-0.25, -0.2) is 0 Å². The zero-order valence-electron chi connectivity index (χ0n) is 13.3. The number of rotatable bonds is 4. The summed E-state index contributed by atoms with van der Waals surface area (Å²) in [5.74, 6) is -0.401. The number of halogens is 2. The lowest BCUT2D eigenvalue weighted by Crippen LogP contribution is -2.41. The summed E-state index contributed by atoms with van der Waals surface area (Å²) in [4.78, 5) is 24.1. The van der Waals surface area contributed by atoms with E-state index in [9.17, 15) is 9.59 Å². The van der Waals surface area contributed by atoms with E-state index >= 15 is 0 Å². The molecule has 2 aromatic heterocycles. The fourth-order valence-electron chi connectivity index (χ4n) is 2.09. The molecule has 10 heteroatoms. The molecule has 0 saturated carbocycles. The number of thiophene rings is 1. The molecule has 2 heterocycles. The van der Waals surface area contributed by atoms with Crippen molar-refractivity contribution in [3.05, 3.63) is 56.3 Å². The number of nitrogens with one attached hydrogen (secondary N) is 3. The van der Waals surface area contributed by atoms with Gasteiger partial charge in [-0.1, -0.05) is 23.2 Å². The number of carbonyl (C=O) groups is 2. The summed E-state index contributed by atoms with van der Waals surface area (Å²) in [5, 5.41) is 6.71. The molecule has 0 fully saturated rings.